The quantitative estimate of drug-likeness (QED) is 0.697. The molecule has 1 rings (SSSR count). The number of rotatable bonds is 2. The fraction of sp³-hybridized carbons (Fsp3) is 0.846. The minimum Gasteiger partial charge on any atom is -0.469 e. The van der Waals surface area contributed by atoms with Crippen molar-refractivity contribution < 1.29 is 19.1 Å². The average molecular weight is 242 g/mol. The van der Waals surface area contributed by atoms with Crippen LogP contribution in [0.5, 0.6) is 0 Å². The lowest BCUT2D eigenvalue weighted by atomic mass is 9.96. The van der Waals surface area contributed by atoms with Crippen molar-refractivity contribution in [2.75, 3.05) is 14.2 Å². The first-order valence-corrected chi connectivity index (χ1v) is 6.34. The van der Waals surface area contributed by atoms with Gasteiger partial charge in [-0.2, -0.15) is 0 Å². The van der Waals surface area contributed by atoms with E-state index in [0.717, 1.165) is 44.9 Å². The summed E-state index contributed by atoms with van der Waals surface area (Å²) in [5.41, 5.74) is 0. The molecule has 1 aliphatic carbocycles. The summed E-state index contributed by atoms with van der Waals surface area (Å²) in [5, 5.41) is 0. The van der Waals surface area contributed by atoms with E-state index in [0.29, 0.717) is 0 Å². The Labute approximate surface area is 103 Å². The second kappa shape index (κ2) is 7.30. The van der Waals surface area contributed by atoms with E-state index in [4.69, 9.17) is 9.47 Å². The zero-order valence-corrected chi connectivity index (χ0v) is 10.7. The molecule has 98 valence electrons. The van der Waals surface area contributed by atoms with Crippen LogP contribution in [0.15, 0.2) is 0 Å². The van der Waals surface area contributed by atoms with Gasteiger partial charge in [0.05, 0.1) is 26.1 Å². The molecule has 0 amide bonds. The Balaban J connectivity index is 2.49. The normalized spacial score (nSPS) is 26.2. The van der Waals surface area contributed by atoms with Crippen LogP contribution in [0.3, 0.4) is 0 Å². The lowest BCUT2D eigenvalue weighted by molar-refractivity contribution is -0.146. The van der Waals surface area contributed by atoms with E-state index in [2.05, 4.69) is 0 Å². The predicted molar refractivity (Wildman–Crippen MR) is 63.3 cm³/mol. The van der Waals surface area contributed by atoms with Crippen molar-refractivity contribution in [3.05, 3.63) is 0 Å². The zero-order valence-electron chi connectivity index (χ0n) is 10.7. The van der Waals surface area contributed by atoms with Gasteiger partial charge in [0.25, 0.3) is 0 Å². The third-order valence-corrected chi connectivity index (χ3v) is 3.53. The van der Waals surface area contributed by atoms with Crippen LogP contribution in [0.1, 0.15) is 44.9 Å². The molecule has 0 aromatic heterocycles. The second-order valence-corrected chi connectivity index (χ2v) is 4.66. The van der Waals surface area contributed by atoms with Gasteiger partial charge in [0, 0.05) is 0 Å². The Morgan fingerprint density at radius 2 is 1.12 bits per heavy atom. The van der Waals surface area contributed by atoms with Crippen LogP contribution in [0.4, 0.5) is 0 Å². The van der Waals surface area contributed by atoms with Crippen LogP contribution in [0.25, 0.3) is 0 Å². The Morgan fingerprint density at radius 3 is 1.47 bits per heavy atom. The van der Waals surface area contributed by atoms with Gasteiger partial charge in [-0.3, -0.25) is 9.59 Å². The van der Waals surface area contributed by atoms with Gasteiger partial charge in [-0.25, -0.2) is 0 Å². The molecule has 4 heteroatoms. The number of ether oxygens (including phenoxy) is 2. The Kier molecular flexibility index (Phi) is 6.01. The third-order valence-electron chi connectivity index (χ3n) is 3.53. The van der Waals surface area contributed by atoms with Gasteiger partial charge in [-0.05, 0) is 25.7 Å². The van der Waals surface area contributed by atoms with Crippen LogP contribution >= 0.6 is 0 Å². The van der Waals surface area contributed by atoms with Crippen molar-refractivity contribution in [1.29, 1.82) is 0 Å². The van der Waals surface area contributed by atoms with Gasteiger partial charge in [-0.1, -0.05) is 19.3 Å². The monoisotopic (exact) mass is 242 g/mol. The molecule has 1 aliphatic rings. The lowest BCUT2D eigenvalue weighted by Crippen LogP contribution is -2.17. The molecule has 1 saturated carbocycles. The maximum atomic E-state index is 11.5. The van der Waals surface area contributed by atoms with Gasteiger partial charge in [0.1, 0.15) is 0 Å². The molecule has 0 N–H and O–H groups in total. The smallest absolute Gasteiger partial charge is 0.308 e. The minimum atomic E-state index is -0.110. The highest BCUT2D eigenvalue weighted by Crippen LogP contribution is 2.26. The molecule has 0 aromatic rings. The van der Waals surface area contributed by atoms with Gasteiger partial charge in [-0.15, -0.1) is 0 Å². The van der Waals surface area contributed by atoms with Gasteiger partial charge in [0.2, 0.25) is 0 Å². The number of carbonyl (C=O) groups excluding carboxylic acids is 2. The summed E-state index contributed by atoms with van der Waals surface area (Å²) in [7, 11) is 2.87. The van der Waals surface area contributed by atoms with Crippen LogP contribution in [-0.2, 0) is 19.1 Å². The summed E-state index contributed by atoms with van der Waals surface area (Å²) in [6.07, 6.45) is 6.24. The van der Waals surface area contributed by atoms with Crippen LogP contribution < -0.4 is 0 Å². The topological polar surface area (TPSA) is 52.6 Å². The number of carbonyl (C=O) groups is 2. The lowest BCUT2D eigenvalue weighted by Gasteiger charge is -2.13. The molecular formula is C13H22O4. The second-order valence-electron chi connectivity index (χ2n) is 4.66. The minimum absolute atomic E-state index is 0.0106. The molecule has 0 radical (unpaired) electrons. The molecule has 0 spiro atoms. The summed E-state index contributed by atoms with van der Waals surface area (Å²) in [6, 6.07) is 0. The molecule has 2 atom stereocenters. The summed E-state index contributed by atoms with van der Waals surface area (Å²) in [6.45, 7) is 0. The largest absolute Gasteiger partial charge is 0.469 e. The first kappa shape index (κ1) is 14.0. The van der Waals surface area contributed by atoms with Crippen molar-refractivity contribution in [2.24, 2.45) is 11.8 Å². The highest BCUT2D eigenvalue weighted by atomic mass is 16.5. The molecule has 17 heavy (non-hydrogen) atoms. The molecule has 0 aromatic carbocycles. The van der Waals surface area contributed by atoms with E-state index in [1.807, 2.05) is 0 Å². The Hall–Kier alpha value is -1.06. The van der Waals surface area contributed by atoms with Gasteiger partial charge < -0.3 is 9.47 Å². The Bertz CT molecular complexity index is 236. The standard InChI is InChI=1S/C13H22O4/c1-16-12(14)10-6-3-4-7-11(9-5-8-10)13(15)17-2/h10-11H,3-9H2,1-2H3. The highest BCUT2D eigenvalue weighted by Gasteiger charge is 2.24. The molecule has 0 aliphatic heterocycles. The Morgan fingerprint density at radius 1 is 0.765 bits per heavy atom. The maximum Gasteiger partial charge on any atom is 0.308 e. The van der Waals surface area contributed by atoms with E-state index in [1.54, 1.807) is 0 Å². The first-order valence-electron chi connectivity index (χ1n) is 6.34. The van der Waals surface area contributed by atoms with E-state index >= 15 is 0 Å². The third kappa shape index (κ3) is 4.36. The van der Waals surface area contributed by atoms with Crippen LogP contribution in [0, 0.1) is 11.8 Å². The van der Waals surface area contributed by atoms with E-state index in [1.165, 1.54) is 14.2 Å². The summed E-state index contributed by atoms with van der Waals surface area (Å²) in [5.74, 6) is -0.198. The average Bonchev–Trinajstić information content (AvgIpc) is 2.48. The zero-order chi connectivity index (χ0) is 12.7. The summed E-state index contributed by atoms with van der Waals surface area (Å²) in [4.78, 5) is 23.0. The molecule has 0 bridgehead atoms. The number of methoxy groups -OCH3 is 2. The summed E-state index contributed by atoms with van der Waals surface area (Å²) >= 11 is 0. The van der Waals surface area contributed by atoms with Gasteiger partial charge in [0.15, 0.2) is 0 Å². The van der Waals surface area contributed by atoms with Crippen LogP contribution in [0.2, 0.25) is 0 Å². The fourth-order valence-corrected chi connectivity index (χ4v) is 2.49. The maximum absolute atomic E-state index is 11.5. The fourth-order valence-electron chi connectivity index (χ4n) is 2.49. The number of hydrogen-bond acceptors (Lipinski definition) is 4. The SMILES string of the molecule is COC(=O)C1CCCCC(C(=O)OC)CCC1. The van der Waals surface area contributed by atoms with Crippen molar-refractivity contribution >= 4 is 11.9 Å². The molecule has 0 heterocycles. The highest BCUT2D eigenvalue weighted by molar-refractivity contribution is 5.73. The van der Waals surface area contributed by atoms with E-state index in [-0.39, 0.29) is 23.8 Å². The number of hydrogen-bond donors (Lipinski definition) is 0. The molecular weight excluding hydrogens is 220 g/mol. The van der Waals surface area contributed by atoms with Crippen molar-refractivity contribution in [3.8, 4) is 0 Å². The van der Waals surface area contributed by atoms with E-state index < -0.39 is 0 Å². The molecule has 2 unspecified atom stereocenters. The first-order chi connectivity index (χ1) is 8.19. The van der Waals surface area contributed by atoms with Crippen molar-refractivity contribution in [3.63, 3.8) is 0 Å². The molecule has 0 saturated heterocycles. The van der Waals surface area contributed by atoms with Crippen LogP contribution in [-0.4, -0.2) is 26.2 Å². The van der Waals surface area contributed by atoms with Crippen molar-refractivity contribution in [2.45, 2.75) is 44.9 Å². The molecule has 4 nitrogen and oxygen atoms in total. The summed E-state index contributed by atoms with van der Waals surface area (Å²) < 4.78 is 9.58. The molecule has 1 fully saturated rings. The predicted octanol–water partition coefficient (Wildman–Crippen LogP) is 2.31. The van der Waals surface area contributed by atoms with E-state index in [9.17, 15) is 9.59 Å². The van der Waals surface area contributed by atoms with Crippen molar-refractivity contribution in [1.82, 2.24) is 0 Å². The number of esters is 2. The van der Waals surface area contributed by atoms with Gasteiger partial charge >= 0.3 is 11.9 Å².